The van der Waals surface area contributed by atoms with Crippen LogP contribution in [0.5, 0.6) is 11.5 Å². The van der Waals surface area contributed by atoms with Gasteiger partial charge in [0.25, 0.3) is 5.91 Å². The van der Waals surface area contributed by atoms with E-state index in [9.17, 15) is 4.79 Å². The Morgan fingerprint density at radius 3 is 2.91 bits per heavy atom. The Labute approximate surface area is 192 Å². The van der Waals surface area contributed by atoms with E-state index >= 15 is 0 Å². The highest BCUT2D eigenvalue weighted by molar-refractivity contribution is 5.94. The van der Waals surface area contributed by atoms with Crippen molar-refractivity contribution < 1.29 is 19.0 Å². The van der Waals surface area contributed by atoms with Crippen molar-refractivity contribution in [1.82, 2.24) is 20.1 Å². The Hall–Kier alpha value is -3.39. The molecular weight excluding hydrogens is 420 g/mol. The van der Waals surface area contributed by atoms with Crippen molar-refractivity contribution in [2.75, 3.05) is 33.9 Å². The number of ether oxygens (including phenoxy) is 3. The zero-order valence-electron chi connectivity index (χ0n) is 19.0. The summed E-state index contributed by atoms with van der Waals surface area (Å²) in [5.74, 6) is 1.58. The number of carbonyl (C=O) groups is 1. The maximum Gasteiger partial charge on any atom is 0.274 e. The van der Waals surface area contributed by atoms with Gasteiger partial charge in [-0.2, -0.15) is 5.10 Å². The Bertz CT molecular complexity index is 1140. The molecule has 1 aromatic carbocycles. The van der Waals surface area contributed by atoms with Gasteiger partial charge >= 0.3 is 0 Å². The molecule has 1 saturated heterocycles. The van der Waals surface area contributed by atoms with Crippen molar-refractivity contribution >= 4 is 5.91 Å². The SMILES string of the molecule is COc1ccc(OC)c(Cc2ccc(C3CN(C(=O)c4n[nH]c5c4CCC5)CCO3)nc2)c1. The third-order valence-corrected chi connectivity index (χ3v) is 6.42. The summed E-state index contributed by atoms with van der Waals surface area (Å²) in [5.41, 5.74) is 5.66. The minimum absolute atomic E-state index is 0.0237. The first kappa shape index (κ1) is 21.5. The minimum Gasteiger partial charge on any atom is -0.497 e. The molecule has 1 N–H and O–H groups in total. The Balaban J connectivity index is 1.28. The first-order chi connectivity index (χ1) is 16.2. The molecule has 3 aromatic rings. The molecule has 0 saturated carbocycles. The average molecular weight is 449 g/mol. The lowest BCUT2D eigenvalue weighted by molar-refractivity contribution is -0.0249. The highest BCUT2D eigenvalue weighted by Crippen LogP contribution is 2.28. The van der Waals surface area contributed by atoms with E-state index < -0.39 is 0 Å². The molecule has 1 aliphatic carbocycles. The third kappa shape index (κ3) is 4.30. The Morgan fingerprint density at radius 2 is 2.12 bits per heavy atom. The highest BCUT2D eigenvalue weighted by Gasteiger charge is 2.31. The van der Waals surface area contributed by atoms with Crippen LogP contribution in [0.15, 0.2) is 36.5 Å². The van der Waals surface area contributed by atoms with Gasteiger partial charge in [0.1, 0.15) is 17.6 Å². The second kappa shape index (κ2) is 9.23. The maximum absolute atomic E-state index is 13.1. The average Bonchev–Trinajstić information content (AvgIpc) is 3.48. The van der Waals surface area contributed by atoms with Crippen LogP contribution in [0.1, 0.15) is 51.1 Å². The van der Waals surface area contributed by atoms with Crippen LogP contribution in [0.25, 0.3) is 0 Å². The van der Waals surface area contributed by atoms with Gasteiger partial charge in [0.2, 0.25) is 0 Å². The van der Waals surface area contributed by atoms with Crippen LogP contribution in [0, 0.1) is 0 Å². The van der Waals surface area contributed by atoms with E-state index in [1.807, 2.05) is 41.4 Å². The monoisotopic (exact) mass is 448 g/mol. The number of benzene rings is 1. The number of aryl methyl sites for hydroxylation is 1. The lowest BCUT2D eigenvalue weighted by Gasteiger charge is -2.32. The number of hydrogen-bond donors (Lipinski definition) is 1. The predicted molar refractivity (Wildman–Crippen MR) is 122 cm³/mol. The van der Waals surface area contributed by atoms with Crippen molar-refractivity contribution in [3.63, 3.8) is 0 Å². The first-order valence-electron chi connectivity index (χ1n) is 11.3. The molecule has 1 unspecified atom stereocenters. The van der Waals surface area contributed by atoms with E-state index in [4.69, 9.17) is 14.2 Å². The fraction of sp³-hybridized carbons (Fsp3) is 0.400. The molecular formula is C25H28N4O4. The number of morpholine rings is 1. The highest BCUT2D eigenvalue weighted by atomic mass is 16.5. The number of amides is 1. The second-order valence-corrected chi connectivity index (χ2v) is 8.44. The molecule has 5 rings (SSSR count). The molecule has 0 spiro atoms. The minimum atomic E-state index is -0.255. The van der Waals surface area contributed by atoms with E-state index in [1.54, 1.807) is 14.2 Å². The zero-order valence-corrected chi connectivity index (χ0v) is 19.0. The summed E-state index contributed by atoms with van der Waals surface area (Å²) in [6, 6.07) is 9.80. The van der Waals surface area contributed by atoms with Gasteiger partial charge in [-0.25, -0.2) is 0 Å². The van der Waals surface area contributed by atoms with E-state index in [2.05, 4.69) is 15.2 Å². The molecule has 33 heavy (non-hydrogen) atoms. The molecule has 8 heteroatoms. The van der Waals surface area contributed by atoms with Gasteiger partial charge < -0.3 is 19.1 Å². The van der Waals surface area contributed by atoms with E-state index in [-0.39, 0.29) is 12.0 Å². The quantitative estimate of drug-likeness (QED) is 0.623. The number of rotatable bonds is 6. The summed E-state index contributed by atoms with van der Waals surface area (Å²) in [6.45, 7) is 1.51. The lowest BCUT2D eigenvalue weighted by atomic mass is 10.0. The van der Waals surface area contributed by atoms with Crippen LogP contribution >= 0.6 is 0 Å². The van der Waals surface area contributed by atoms with Gasteiger partial charge in [-0.1, -0.05) is 6.07 Å². The number of H-pyrrole nitrogens is 1. The molecule has 2 aliphatic rings. The van der Waals surface area contributed by atoms with Gasteiger partial charge in [-0.15, -0.1) is 0 Å². The van der Waals surface area contributed by atoms with Crippen LogP contribution in [0.4, 0.5) is 0 Å². The van der Waals surface area contributed by atoms with E-state index in [1.165, 1.54) is 0 Å². The van der Waals surface area contributed by atoms with Crippen molar-refractivity contribution in [2.45, 2.75) is 31.8 Å². The van der Waals surface area contributed by atoms with Crippen LogP contribution in [0.3, 0.4) is 0 Å². The van der Waals surface area contributed by atoms with Crippen LogP contribution in [-0.4, -0.2) is 59.9 Å². The molecule has 1 atom stereocenters. The van der Waals surface area contributed by atoms with E-state index in [0.717, 1.165) is 58.8 Å². The molecule has 0 bridgehead atoms. The largest absolute Gasteiger partial charge is 0.497 e. The number of nitrogens with zero attached hydrogens (tertiary/aromatic N) is 3. The molecule has 8 nitrogen and oxygen atoms in total. The fourth-order valence-corrected chi connectivity index (χ4v) is 4.63. The number of carbonyl (C=O) groups excluding carboxylic acids is 1. The molecule has 172 valence electrons. The summed E-state index contributed by atoms with van der Waals surface area (Å²) >= 11 is 0. The second-order valence-electron chi connectivity index (χ2n) is 8.44. The molecule has 1 fully saturated rings. The smallest absolute Gasteiger partial charge is 0.274 e. The number of aromatic amines is 1. The standard InChI is InChI=1S/C25H28N4O4/c1-31-18-7-9-22(32-2)17(13-18)12-16-6-8-21(26-14-16)23-15-29(10-11-33-23)25(30)24-19-4-3-5-20(19)27-28-24/h6-9,13-14,23H,3-5,10-12,15H2,1-2H3,(H,27,28). The number of nitrogens with one attached hydrogen (secondary N) is 1. The number of pyridine rings is 1. The Kier molecular flexibility index (Phi) is 6.00. The zero-order chi connectivity index (χ0) is 22.8. The van der Waals surface area contributed by atoms with Crippen LogP contribution < -0.4 is 9.47 Å². The number of aromatic nitrogens is 3. The third-order valence-electron chi connectivity index (χ3n) is 6.42. The lowest BCUT2D eigenvalue weighted by Crippen LogP contribution is -2.42. The van der Waals surface area contributed by atoms with Gasteiger partial charge in [0.05, 0.1) is 33.1 Å². The number of fused-ring (bicyclic) bond motifs is 1. The van der Waals surface area contributed by atoms with Crippen molar-refractivity contribution in [3.8, 4) is 11.5 Å². The van der Waals surface area contributed by atoms with Crippen molar-refractivity contribution in [2.24, 2.45) is 0 Å². The topological polar surface area (TPSA) is 89.6 Å². The summed E-state index contributed by atoms with van der Waals surface area (Å²) in [7, 11) is 3.32. The van der Waals surface area contributed by atoms with Crippen molar-refractivity contribution in [3.05, 3.63) is 70.3 Å². The van der Waals surface area contributed by atoms with Crippen LogP contribution in [-0.2, 0) is 24.0 Å². The van der Waals surface area contributed by atoms with Crippen LogP contribution in [0.2, 0.25) is 0 Å². The van der Waals surface area contributed by atoms with Gasteiger partial charge in [0, 0.05) is 36.0 Å². The number of hydrogen-bond acceptors (Lipinski definition) is 6. The maximum atomic E-state index is 13.1. The summed E-state index contributed by atoms with van der Waals surface area (Å²) < 4.78 is 16.8. The van der Waals surface area contributed by atoms with Gasteiger partial charge in [0.15, 0.2) is 5.69 Å². The Morgan fingerprint density at radius 1 is 1.21 bits per heavy atom. The molecule has 2 aromatic heterocycles. The van der Waals surface area contributed by atoms with Gasteiger partial charge in [-0.3, -0.25) is 14.9 Å². The summed E-state index contributed by atoms with van der Waals surface area (Å²) in [5, 5.41) is 7.33. The first-order valence-corrected chi connectivity index (χ1v) is 11.3. The number of methoxy groups -OCH3 is 2. The molecule has 3 heterocycles. The summed E-state index contributed by atoms with van der Waals surface area (Å²) in [6.07, 6.45) is 5.25. The van der Waals surface area contributed by atoms with Crippen molar-refractivity contribution in [1.29, 1.82) is 0 Å². The van der Waals surface area contributed by atoms with E-state index in [0.29, 0.717) is 31.8 Å². The molecule has 1 amide bonds. The normalized spacial score (nSPS) is 17.6. The molecule has 1 aliphatic heterocycles. The molecule has 0 radical (unpaired) electrons. The predicted octanol–water partition coefficient (Wildman–Crippen LogP) is 3.12. The summed E-state index contributed by atoms with van der Waals surface area (Å²) in [4.78, 5) is 19.6. The fourth-order valence-electron chi connectivity index (χ4n) is 4.63. The van der Waals surface area contributed by atoms with Gasteiger partial charge in [-0.05, 0) is 49.1 Å².